The van der Waals surface area contributed by atoms with Gasteiger partial charge in [-0.25, -0.2) is 9.97 Å². The molecule has 1 heterocycles. The van der Waals surface area contributed by atoms with Crippen molar-refractivity contribution in [2.75, 3.05) is 25.6 Å². The van der Waals surface area contributed by atoms with Crippen molar-refractivity contribution in [2.24, 2.45) is 0 Å². The van der Waals surface area contributed by atoms with Crippen molar-refractivity contribution < 1.29 is 9.84 Å². The van der Waals surface area contributed by atoms with Crippen molar-refractivity contribution in [1.29, 1.82) is 0 Å². The van der Waals surface area contributed by atoms with Crippen LogP contribution in [0, 0.1) is 0 Å². The summed E-state index contributed by atoms with van der Waals surface area (Å²) in [4.78, 5) is 7.74. The summed E-state index contributed by atoms with van der Waals surface area (Å²) < 4.78 is 4.88. The van der Waals surface area contributed by atoms with E-state index in [1.807, 2.05) is 0 Å². The van der Waals surface area contributed by atoms with Gasteiger partial charge in [-0.2, -0.15) is 0 Å². The predicted octanol–water partition coefficient (Wildman–Crippen LogP) is -0.111. The van der Waals surface area contributed by atoms with Crippen LogP contribution in [0.4, 0.5) is 5.82 Å². The molecule has 0 radical (unpaired) electrons. The van der Waals surface area contributed by atoms with E-state index in [-0.39, 0.29) is 6.61 Å². The Balaban J connectivity index is 2.60. The lowest BCUT2D eigenvalue weighted by molar-refractivity contribution is 0.311. The Morgan fingerprint density at radius 3 is 3.08 bits per heavy atom. The van der Waals surface area contributed by atoms with E-state index in [0.717, 1.165) is 0 Å². The highest BCUT2D eigenvalue weighted by atomic mass is 16.5. The van der Waals surface area contributed by atoms with Crippen LogP contribution in [0.1, 0.15) is 0 Å². The summed E-state index contributed by atoms with van der Waals surface area (Å²) in [6.45, 7) is 0.548. The molecule has 0 saturated heterocycles. The fourth-order valence-corrected chi connectivity index (χ4v) is 0.732. The van der Waals surface area contributed by atoms with Gasteiger partial charge in [-0.15, -0.1) is 0 Å². The van der Waals surface area contributed by atoms with Gasteiger partial charge in [-0.05, 0) is 0 Å². The maximum Gasteiger partial charge on any atom is 0.218 e. The summed E-state index contributed by atoms with van der Waals surface area (Å²) in [5.74, 6) is 1.15. The van der Waals surface area contributed by atoms with E-state index in [1.54, 1.807) is 6.07 Å². The van der Waals surface area contributed by atoms with Crippen molar-refractivity contribution in [1.82, 2.24) is 9.97 Å². The second-order valence-corrected chi connectivity index (χ2v) is 2.10. The zero-order valence-corrected chi connectivity index (χ0v) is 6.82. The zero-order chi connectivity index (χ0) is 8.81. The molecule has 1 aromatic heterocycles. The standard InChI is InChI=1S/C7H11N3O2/c1-12-7-4-6(8-2-3-11)9-5-10-7/h4-5,11H,2-3H2,1H3,(H,8,9,10). The molecule has 0 saturated carbocycles. The van der Waals surface area contributed by atoms with Gasteiger partial charge in [0.2, 0.25) is 5.88 Å². The van der Waals surface area contributed by atoms with Crippen LogP contribution in [0.25, 0.3) is 0 Å². The van der Waals surface area contributed by atoms with Crippen molar-refractivity contribution >= 4 is 5.82 Å². The average molecular weight is 169 g/mol. The van der Waals surface area contributed by atoms with E-state index in [0.29, 0.717) is 18.2 Å². The molecular formula is C7H11N3O2. The molecule has 0 unspecified atom stereocenters. The number of rotatable bonds is 4. The molecule has 0 aromatic carbocycles. The summed E-state index contributed by atoms with van der Waals surface area (Å²) in [5, 5.41) is 11.4. The number of methoxy groups -OCH3 is 1. The zero-order valence-electron chi connectivity index (χ0n) is 6.82. The fourth-order valence-electron chi connectivity index (χ4n) is 0.732. The molecule has 66 valence electrons. The van der Waals surface area contributed by atoms with Gasteiger partial charge in [0.1, 0.15) is 12.1 Å². The third kappa shape index (κ3) is 2.35. The SMILES string of the molecule is COc1cc(NCCO)ncn1. The van der Waals surface area contributed by atoms with Gasteiger partial charge >= 0.3 is 0 Å². The number of ether oxygens (including phenoxy) is 1. The van der Waals surface area contributed by atoms with Gasteiger partial charge in [0.25, 0.3) is 0 Å². The molecule has 0 atom stereocenters. The van der Waals surface area contributed by atoms with Crippen LogP contribution in [0.3, 0.4) is 0 Å². The largest absolute Gasteiger partial charge is 0.481 e. The molecule has 0 aliphatic carbocycles. The number of nitrogens with one attached hydrogen (secondary N) is 1. The van der Waals surface area contributed by atoms with E-state index >= 15 is 0 Å². The Labute approximate surface area is 70.4 Å². The Morgan fingerprint density at radius 1 is 1.58 bits per heavy atom. The minimum Gasteiger partial charge on any atom is -0.481 e. The first-order valence-corrected chi connectivity index (χ1v) is 3.57. The van der Waals surface area contributed by atoms with Gasteiger partial charge in [0.15, 0.2) is 0 Å². The van der Waals surface area contributed by atoms with Crippen LogP contribution in [-0.4, -0.2) is 35.3 Å². The number of aromatic nitrogens is 2. The number of nitrogens with zero attached hydrogens (tertiary/aromatic N) is 2. The minimum atomic E-state index is 0.0757. The highest BCUT2D eigenvalue weighted by Gasteiger charge is 1.95. The Bertz CT molecular complexity index is 242. The first-order valence-electron chi connectivity index (χ1n) is 3.57. The van der Waals surface area contributed by atoms with Gasteiger partial charge in [-0.3, -0.25) is 0 Å². The molecule has 0 bridgehead atoms. The van der Waals surface area contributed by atoms with E-state index in [1.165, 1.54) is 13.4 Å². The molecule has 0 aliphatic heterocycles. The number of hydrogen-bond acceptors (Lipinski definition) is 5. The third-order valence-corrected chi connectivity index (χ3v) is 1.27. The number of anilines is 1. The normalized spacial score (nSPS) is 9.50. The lowest BCUT2D eigenvalue weighted by Gasteiger charge is -2.03. The average Bonchev–Trinajstić information content (AvgIpc) is 2.15. The van der Waals surface area contributed by atoms with Crippen LogP contribution in [-0.2, 0) is 0 Å². The van der Waals surface area contributed by atoms with Crippen LogP contribution >= 0.6 is 0 Å². The van der Waals surface area contributed by atoms with Crippen LogP contribution in [0.2, 0.25) is 0 Å². The quantitative estimate of drug-likeness (QED) is 0.658. The summed E-state index contributed by atoms with van der Waals surface area (Å²) in [7, 11) is 1.54. The summed E-state index contributed by atoms with van der Waals surface area (Å²) >= 11 is 0. The Morgan fingerprint density at radius 2 is 2.42 bits per heavy atom. The van der Waals surface area contributed by atoms with Gasteiger partial charge in [0, 0.05) is 12.6 Å². The van der Waals surface area contributed by atoms with E-state index in [2.05, 4.69) is 15.3 Å². The first-order chi connectivity index (χ1) is 5.86. The lowest BCUT2D eigenvalue weighted by atomic mass is 10.5. The second-order valence-electron chi connectivity index (χ2n) is 2.10. The molecule has 0 aliphatic rings. The molecule has 1 aromatic rings. The highest BCUT2D eigenvalue weighted by Crippen LogP contribution is 2.08. The monoisotopic (exact) mass is 169 g/mol. The number of aliphatic hydroxyl groups is 1. The van der Waals surface area contributed by atoms with E-state index in [4.69, 9.17) is 9.84 Å². The van der Waals surface area contributed by atoms with Crippen molar-refractivity contribution in [3.63, 3.8) is 0 Å². The Kier molecular flexibility index (Phi) is 3.28. The van der Waals surface area contributed by atoms with Crippen molar-refractivity contribution in [3.05, 3.63) is 12.4 Å². The van der Waals surface area contributed by atoms with Gasteiger partial charge < -0.3 is 15.2 Å². The summed E-state index contributed by atoms with van der Waals surface area (Å²) in [6.07, 6.45) is 1.40. The van der Waals surface area contributed by atoms with Crippen LogP contribution < -0.4 is 10.1 Å². The molecule has 0 fully saturated rings. The van der Waals surface area contributed by atoms with Crippen LogP contribution in [0.5, 0.6) is 5.88 Å². The second kappa shape index (κ2) is 4.50. The summed E-state index contributed by atoms with van der Waals surface area (Å²) in [5.41, 5.74) is 0. The molecule has 2 N–H and O–H groups in total. The minimum absolute atomic E-state index is 0.0757. The van der Waals surface area contributed by atoms with Gasteiger partial charge in [-0.1, -0.05) is 0 Å². The predicted molar refractivity (Wildman–Crippen MR) is 44.2 cm³/mol. The maximum atomic E-state index is 8.52. The molecule has 1 rings (SSSR count). The molecule has 0 amide bonds. The summed E-state index contributed by atoms with van der Waals surface area (Å²) in [6, 6.07) is 1.66. The molecule has 5 heteroatoms. The topological polar surface area (TPSA) is 67.3 Å². The third-order valence-electron chi connectivity index (χ3n) is 1.27. The molecule has 12 heavy (non-hydrogen) atoms. The maximum absolute atomic E-state index is 8.52. The molecular weight excluding hydrogens is 158 g/mol. The van der Waals surface area contributed by atoms with Crippen LogP contribution in [0.15, 0.2) is 12.4 Å². The molecule has 0 spiro atoms. The fraction of sp³-hybridized carbons (Fsp3) is 0.429. The first kappa shape index (κ1) is 8.73. The smallest absolute Gasteiger partial charge is 0.218 e. The Hall–Kier alpha value is -1.36. The highest BCUT2D eigenvalue weighted by molar-refractivity contribution is 5.36. The molecule has 5 nitrogen and oxygen atoms in total. The van der Waals surface area contributed by atoms with E-state index in [9.17, 15) is 0 Å². The number of hydrogen-bond donors (Lipinski definition) is 2. The number of aliphatic hydroxyl groups excluding tert-OH is 1. The van der Waals surface area contributed by atoms with Crippen molar-refractivity contribution in [2.45, 2.75) is 0 Å². The van der Waals surface area contributed by atoms with Gasteiger partial charge in [0.05, 0.1) is 13.7 Å². The van der Waals surface area contributed by atoms with Crippen molar-refractivity contribution in [3.8, 4) is 5.88 Å². The van der Waals surface area contributed by atoms with E-state index < -0.39 is 0 Å². The lowest BCUT2D eigenvalue weighted by Crippen LogP contribution is -2.07.